The number of nitrogens with zero attached hydrogens (tertiary/aromatic N) is 7. The minimum atomic E-state index is -1.16. The lowest BCUT2D eigenvalue weighted by Crippen LogP contribution is -2.31. The van der Waals surface area contributed by atoms with Crippen molar-refractivity contribution < 1.29 is 43.4 Å². The molecule has 4 heterocycles. The van der Waals surface area contributed by atoms with Crippen LogP contribution in [0.1, 0.15) is 55.1 Å². The number of rotatable bonds is 19. The average Bonchev–Trinajstić information content (AvgIpc) is 3.89. The number of imidazole rings is 2. The highest BCUT2D eigenvalue weighted by Crippen LogP contribution is 2.17. The van der Waals surface area contributed by atoms with Crippen LogP contribution in [0.3, 0.4) is 0 Å². The van der Waals surface area contributed by atoms with E-state index < -0.39 is 41.4 Å². The summed E-state index contributed by atoms with van der Waals surface area (Å²) in [4.78, 5) is 98.8. The van der Waals surface area contributed by atoms with Crippen LogP contribution in [-0.2, 0) is 47.3 Å². The fourth-order valence-electron chi connectivity index (χ4n) is 5.11. The van der Waals surface area contributed by atoms with Crippen LogP contribution in [-0.4, -0.2) is 114 Å². The number of aryl methyl sites for hydroxylation is 4. The largest absolute Gasteiger partial charge is 0.477 e. The minimum absolute atomic E-state index is 0.0229. The number of guanidine groups is 1. The third-order valence-electron chi connectivity index (χ3n) is 7.75. The molecule has 11 N–H and O–H groups in total. The molecule has 0 saturated heterocycles. The molecule has 0 radical (unpaired) electrons. The number of nitrogens with one attached hydrogen (secondary N) is 6. The van der Waals surface area contributed by atoms with Crippen molar-refractivity contribution in [1.82, 2.24) is 38.9 Å². The summed E-state index contributed by atoms with van der Waals surface area (Å²) >= 11 is 0. The van der Waals surface area contributed by atoms with E-state index in [4.69, 9.17) is 16.2 Å². The Labute approximate surface area is 324 Å². The lowest BCUT2D eigenvalue weighted by Gasteiger charge is -2.06. The summed E-state index contributed by atoms with van der Waals surface area (Å²) in [5.41, 5.74) is 11.1. The number of carbonyl (C=O) groups excluding carboxylic acids is 6. The number of carbonyl (C=O) groups is 7. The first kappa shape index (κ1) is 42.2. The van der Waals surface area contributed by atoms with E-state index in [2.05, 4.69) is 46.9 Å². The van der Waals surface area contributed by atoms with Crippen LogP contribution < -0.4 is 43.4 Å². The van der Waals surface area contributed by atoms with Crippen molar-refractivity contribution in [2.24, 2.45) is 44.7 Å². The molecule has 0 spiro atoms. The molecule has 0 aliphatic heterocycles. The summed E-state index contributed by atoms with van der Waals surface area (Å²) in [5, 5.41) is 24.7. The zero-order valence-corrected chi connectivity index (χ0v) is 31.4. The van der Waals surface area contributed by atoms with Gasteiger partial charge in [0.15, 0.2) is 17.6 Å². The topological polar surface area (TPSA) is 331 Å². The van der Waals surface area contributed by atoms with Crippen LogP contribution in [0.25, 0.3) is 0 Å². The number of hydrogen-bond acceptors (Lipinski definition) is 11. The van der Waals surface area contributed by atoms with Crippen molar-refractivity contribution in [3.05, 3.63) is 60.0 Å². The fourth-order valence-corrected chi connectivity index (χ4v) is 5.11. The third kappa shape index (κ3) is 12.3. The zero-order valence-electron chi connectivity index (χ0n) is 31.4. The van der Waals surface area contributed by atoms with Crippen LogP contribution in [0.2, 0.25) is 0 Å². The van der Waals surface area contributed by atoms with Gasteiger partial charge in [0, 0.05) is 78.9 Å². The molecule has 0 fully saturated rings. The molecule has 0 aliphatic rings. The Balaban J connectivity index is 1.19. The highest BCUT2D eigenvalue weighted by atomic mass is 16.5. The van der Waals surface area contributed by atoms with Crippen LogP contribution in [0.4, 0.5) is 23.0 Å². The number of aromatic nitrogens is 6. The Morgan fingerprint density at radius 2 is 1.16 bits per heavy atom. The van der Waals surface area contributed by atoms with Crippen LogP contribution in [0, 0.1) is 0 Å². The SMILES string of the molecule is Cn1cc(NC(=O)c2nc(NC(=O)CCNC(=O)c3cc(NC(=O)c4nc(NC(=O)CCNC(=O)COCCN=C(N)N)cn4C)cn3C)cn2C)cc1C(=O)O. The van der Waals surface area contributed by atoms with Crippen molar-refractivity contribution in [3.63, 3.8) is 0 Å². The van der Waals surface area contributed by atoms with Crippen LogP contribution in [0.15, 0.2) is 41.9 Å². The van der Waals surface area contributed by atoms with E-state index in [9.17, 15) is 38.7 Å². The summed E-state index contributed by atoms with van der Waals surface area (Å²) in [5.74, 6) is -4.29. The molecule has 0 aliphatic carbocycles. The molecular formula is C33H43N15O9. The van der Waals surface area contributed by atoms with Gasteiger partial charge in [0.2, 0.25) is 29.4 Å². The molecule has 4 aromatic heterocycles. The molecule has 57 heavy (non-hydrogen) atoms. The van der Waals surface area contributed by atoms with Gasteiger partial charge in [-0.05, 0) is 12.1 Å². The Morgan fingerprint density at radius 3 is 1.65 bits per heavy atom. The molecule has 24 heteroatoms. The van der Waals surface area contributed by atoms with Crippen molar-refractivity contribution in [2.45, 2.75) is 12.8 Å². The van der Waals surface area contributed by atoms with E-state index in [-0.39, 0.29) is 97.7 Å². The highest BCUT2D eigenvalue weighted by Gasteiger charge is 2.20. The Bertz CT molecular complexity index is 2190. The number of hydrogen-bond donors (Lipinski definition) is 9. The van der Waals surface area contributed by atoms with Gasteiger partial charge >= 0.3 is 5.97 Å². The number of nitrogens with two attached hydrogens (primary N) is 2. The van der Waals surface area contributed by atoms with Crippen LogP contribution in [0.5, 0.6) is 0 Å². The average molecular weight is 794 g/mol. The van der Waals surface area contributed by atoms with Gasteiger partial charge in [0.1, 0.15) is 18.0 Å². The molecule has 4 rings (SSSR count). The number of aliphatic imine (C=N–C) groups is 1. The Morgan fingerprint density at radius 1 is 0.667 bits per heavy atom. The summed E-state index contributed by atoms with van der Waals surface area (Å²) in [7, 11) is 6.22. The van der Waals surface area contributed by atoms with E-state index in [1.54, 1.807) is 21.1 Å². The molecular weight excluding hydrogens is 750 g/mol. The van der Waals surface area contributed by atoms with Gasteiger partial charge in [-0.1, -0.05) is 0 Å². The van der Waals surface area contributed by atoms with Gasteiger partial charge < -0.3 is 71.5 Å². The molecule has 24 nitrogen and oxygen atoms in total. The first-order valence-electron chi connectivity index (χ1n) is 17.0. The summed E-state index contributed by atoms with van der Waals surface area (Å²) in [6.45, 7) is 0.0976. The quantitative estimate of drug-likeness (QED) is 0.0298. The number of aromatic carboxylic acids is 1. The Kier molecular flexibility index (Phi) is 14.2. The van der Waals surface area contributed by atoms with E-state index in [1.807, 2.05) is 0 Å². The first-order valence-corrected chi connectivity index (χ1v) is 17.0. The second-order valence-electron chi connectivity index (χ2n) is 12.3. The minimum Gasteiger partial charge on any atom is -0.477 e. The second-order valence-corrected chi connectivity index (χ2v) is 12.3. The van der Waals surface area contributed by atoms with E-state index in [0.717, 1.165) is 0 Å². The van der Waals surface area contributed by atoms with Gasteiger partial charge in [-0.3, -0.25) is 33.8 Å². The van der Waals surface area contributed by atoms with Crippen LogP contribution >= 0.6 is 0 Å². The van der Waals surface area contributed by atoms with Gasteiger partial charge in [-0.2, -0.15) is 0 Å². The van der Waals surface area contributed by atoms with Gasteiger partial charge in [0.25, 0.3) is 17.7 Å². The Hall–Kier alpha value is -7.50. The fraction of sp³-hybridized carbons (Fsp3) is 0.333. The summed E-state index contributed by atoms with van der Waals surface area (Å²) in [6.07, 6.45) is 5.59. The van der Waals surface area contributed by atoms with Crippen molar-refractivity contribution in [3.8, 4) is 0 Å². The second kappa shape index (κ2) is 19.2. The lowest BCUT2D eigenvalue weighted by molar-refractivity contribution is -0.125. The van der Waals surface area contributed by atoms with Gasteiger partial charge in [0.05, 0.1) is 24.5 Å². The first-order chi connectivity index (χ1) is 27.0. The van der Waals surface area contributed by atoms with Crippen molar-refractivity contribution in [2.75, 3.05) is 54.1 Å². The molecule has 304 valence electrons. The number of ether oxygens (including phenoxy) is 1. The maximum Gasteiger partial charge on any atom is 0.352 e. The molecule has 0 saturated carbocycles. The zero-order chi connectivity index (χ0) is 41.8. The highest BCUT2D eigenvalue weighted by molar-refractivity contribution is 6.04. The number of anilines is 4. The summed E-state index contributed by atoms with van der Waals surface area (Å²) < 4.78 is 10.7. The third-order valence-corrected chi connectivity index (χ3v) is 7.75. The maximum absolute atomic E-state index is 13.0. The van der Waals surface area contributed by atoms with E-state index in [0.29, 0.717) is 0 Å². The molecule has 6 amide bonds. The number of carboxylic acids is 1. The predicted octanol–water partition coefficient (Wildman–Crippen LogP) is -1.47. The number of carboxylic acid groups (broad SMARTS) is 1. The van der Waals surface area contributed by atoms with Crippen molar-refractivity contribution >= 4 is 70.4 Å². The van der Waals surface area contributed by atoms with Gasteiger partial charge in [-0.25, -0.2) is 14.8 Å². The normalized spacial score (nSPS) is 10.7. The maximum atomic E-state index is 13.0. The molecule has 0 aromatic carbocycles. The predicted molar refractivity (Wildman–Crippen MR) is 203 cm³/mol. The number of amides is 6. The standard InChI is InChI=1S/C33H43N15O9/c1-45-13-18(39-30(53)27-43-22(15-47(27)3)41-24(49)5-7-36-26(51)17-57-10-9-38-33(34)35)11-20(45)29(52)37-8-6-25(50)42-23-16-48(4)28(44-23)31(54)40-19-12-21(32(55)56)46(2)14-19/h11-16H,5-10,17H2,1-4H3,(H,36,51)(H,37,52)(H,39,53)(H,40,54)(H,41,49)(H,42,50)(H,55,56)(H4,34,35,38). The van der Waals surface area contributed by atoms with Crippen molar-refractivity contribution in [1.29, 1.82) is 0 Å². The lowest BCUT2D eigenvalue weighted by atomic mass is 10.3. The van der Waals surface area contributed by atoms with E-state index in [1.165, 1.54) is 62.2 Å². The molecule has 4 aromatic rings. The van der Waals surface area contributed by atoms with E-state index >= 15 is 0 Å². The molecule has 0 bridgehead atoms. The molecule has 0 atom stereocenters. The summed E-state index contributed by atoms with van der Waals surface area (Å²) in [6, 6.07) is 2.73. The molecule has 0 unspecified atom stereocenters. The smallest absolute Gasteiger partial charge is 0.352 e. The monoisotopic (exact) mass is 793 g/mol. The van der Waals surface area contributed by atoms with Gasteiger partial charge in [-0.15, -0.1) is 0 Å².